The number of likely N-dealkylation sites (N-methyl/N-ethyl adjacent to an activating group) is 1. The van der Waals surface area contributed by atoms with Crippen molar-refractivity contribution in [3.63, 3.8) is 0 Å². The lowest BCUT2D eigenvalue weighted by atomic mass is 10.1. The Labute approximate surface area is 338 Å². The third-order valence-electron chi connectivity index (χ3n) is 9.85. The number of aromatic amines is 1. The maximum absolute atomic E-state index is 13.5. The molecule has 2 aromatic heterocycles. The number of oxazole rings is 1. The predicted molar refractivity (Wildman–Crippen MR) is 222 cm³/mol. The SMILES string of the molecule is C1CC1.C=N/C=C(\NCC1CCCN1C(=O)C(NC(=O)OC)C1CC1)c1ccc(-c2nc3cc(-c4cnc(CCCCNC(=O)CNC)[nH]4)ccc3o2)cc1.O=CO. The fraction of sp³-hybridized carbons (Fsp3) is 0.452. The van der Waals surface area contributed by atoms with Crippen LogP contribution in [0.3, 0.4) is 0 Å². The van der Waals surface area contributed by atoms with Crippen molar-refractivity contribution in [2.75, 3.05) is 40.3 Å². The molecule has 3 fully saturated rings. The molecule has 4 aromatic rings. The van der Waals surface area contributed by atoms with Crippen molar-refractivity contribution in [1.82, 2.24) is 41.1 Å². The molecule has 0 bridgehead atoms. The number of methoxy groups -OCH3 is 1. The van der Waals surface area contributed by atoms with Gasteiger partial charge in [-0.25, -0.2) is 14.8 Å². The highest BCUT2D eigenvalue weighted by Crippen LogP contribution is 2.35. The molecule has 0 radical (unpaired) electrons. The van der Waals surface area contributed by atoms with E-state index in [1.807, 2.05) is 53.6 Å². The smallest absolute Gasteiger partial charge is 0.407 e. The van der Waals surface area contributed by atoms with Gasteiger partial charge in [0, 0.05) is 49.4 Å². The average molecular weight is 798 g/mol. The van der Waals surface area contributed by atoms with E-state index in [2.05, 4.69) is 42.9 Å². The summed E-state index contributed by atoms with van der Waals surface area (Å²) in [5.41, 5.74) is 5.80. The van der Waals surface area contributed by atoms with Crippen molar-refractivity contribution in [2.45, 2.75) is 76.3 Å². The van der Waals surface area contributed by atoms with Crippen LogP contribution in [0.2, 0.25) is 0 Å². The van der Waals surface area contributed by atoms with Crippen LogP contribution in [-0.4, -0.2) is 108 Å². The molecule has 2 saturated carbocycles. The molecule has 16 heteroatoms. The number of H-pyrrole nitrogens is 1. The number of likely N-dealkylation sites (tertiary alicyclic amines) is 1. The Bertz CT molecular complexity index is 2000. The lowest BCUT2D eigenvalue weighted by Crippen LogP contribution is -2.52. The van der Waals surface area contributed by atoms with E-state index in [1.165, 1.54) is 26.4 Å². The Morgan fingerprint density at radius 3 is 2.48 bits per heavy atom. The van der Waals surface area contributed by atoms with Gasteiger partial charge in [0.15, 0.2) is 5.58 Å². The maximum atomic E-state index is 13.5. The van der Waals surface area contributed by atoms with E-state index in [1.54, 1.807) is 13.2 Å². The average Bonchev–Trinajstić information content (AvgIpc) is 4.16. The minimum absolute atomic E-state index is 0.000340. The minimum atomic E-state index is -0.580. The maximum Gasteiger partial charge on any atom is 0.407 e. The van der Waals surface area contributed by atoms with Crippen LogP contribution in [0.4, 0.5) is 4.79 Å². The first kappa shape index (κ1) is 43.1. The number of unbranched alkanes of at least 4 members (excludes halogenated alkanes) is 1. The van der Waals surface area contributed by atoms with Crippen LogP contribution in [0.15, 0.2) is 64.3 Å². The Morgan fingerprint density at radius 1 is 1.07 bits per heavy atom. The van der Waals surface area contributed by atoms with Gasteiger partial charge in [-0.15, -0.1) is 0 Å². The number of rotatable bonds is 17. The Hall–Kier alpha value is -6.03. The molecule has 7 rings (SSSR count). The first-order valence-corrected chi connectivity index (χ1v) is 19.9. The molecule has 6 N–H and O–H groups in total. The molecule has 2 aliphatic carbocycles. The highest BCUT2D eigenvalue weighted by molar-refractivity contribution is 5.87. The van der Waals surface area contributed by atoms with E-state index in [-0.39, 0.29) is 30.2 Å². The van der Waals surface area contributed by atoms with Crippen molar-refractivity contribution in [1.29, 1.82) is 0 Å². The summed E-state index contributed by atoms with van der Waals surface area (Å²) in [5, 5.41) is 18.9. The zero-order chi connectivity index (χ0) is 41.3. The highest BCUT2D eigenvalue weighted by Gasteiger charge is 2.42. The standard InChI is InChI=1S/C38H47N9O5.C3H6.CH2O2/c1-39-21-30(42-20-28-7-6-18-47(28)37(49)35(25-11-12-25)46-38(50)51-3)24-9-13-26(14-10-24)36-45-29-19-27(15-16-32(29)52-36)31-22-43-33(44-31)8-4-5-17-41-34(48)23-40-2;1-2-3-1;2-1-3/h9-10,13-16,19,21-22,25,28,35,40,42H,1,4-8,11-12,17-18,20,23H2,2-3H3,(H,41,48)(H,43,44)(H,46,50);1-3H2;1H,(H,2,3)/b30-21-;;. The van der Waals surface area contributed by atoms with Gasteiger partial charge in [-0.2, -0.15) is 0 Å². The van der Waals surface area contributed by atoms with E-state index in [0.717, 1.165) is 84.4 Å². The molecule has 2 atom stereocenters. The van der Waals surface area contributed by atoms with Crippen LogP contribution in [0.25, 0.3) is 39.5 Å². The molecule has 2 unspecified atom stereocenters. The van der Waals surface area contributed by atoms with Crippen LogP contribution in [0.5, 0.6) is 0 Å². The lowest BCUT2D eigenvalue weighted by molar-refractivity contribution is -0.134. The number of aryl methyl sites for hydroxylation is 1. The molecule has 58 heavy (non-hydrogen) atoms. The summed E-state index contributed by atoms with van der Waals surface area (Å²) in [7, 11) is 3.06. The second kappa shape index (κ2) is 22.1. The van der Waals surface area contributed by atoms with E-state index in [4.69, 9.17) is 24.0 Å². The summed E-state index contributed by atoms with van der Waals surface area (Å²) in [6.07, 6.45) is 13.6. The topological polar surface area (TPSA) is 216 Å². The molecule has 1 aliphatic heterocycles. The van der Waals surface area contributed by atoms with Gasteiger partial charge in [0.1, 0.15) is 17.4 Å². The normalized spacial score (nSPS) is 16.2. The zero-order valence-corrected chi connectivity index (χ0v) is 33.3. The third kappa shape index (κ3) is 12.7. The fourth-order valence-corrected chi connectivity index (χ4v) is 6.57. The van der Waals surface area contributed by atoms with Gasteiger partial charge in [-0.3, -0.25) is 19.4 Å². The molecular weight excluding hydrogens is 743 g/mol. The number of carbonyl (C=O) groups is 4. The number of benzene rings is 2. The van der Waals surface area contributed by atoms with Crippen molar-refractivity contribution in [3.8, 4) is 22.7 Å². The Kier molecular flexibility index (Phi) is 16.4. The van der Waals surface area contributed by atoms with E-state index < -0.39 is 12.1 Å². The number of carboxylic acid groups (broad SMARTS) is 1. The van der Waals surface area contributed by atoms with Crippen LogP contribution in [-0.2, 0) is 25.5 Å². The zero-order valence-electron chi connectivity index (χ0n) is 33.3. The first-order valence-electron chi connectivity index (χ1n) is 19.9. The van der Waals surface area contributed by atoms with E-state index in [0.29, 0.717) is 37.7 Å². The number of nitrogens with one attached hydrogen (secondary N) is 5. The minimum Gasteiger partial charge on any atom is -0.483 e. The van der Waals surface area contributed by atoms with E-state index >= 15 is 0 Å². The number of aromatic nitrogens is 3. The number of carbonyl (C=O) groups excluding carboxylic acids is 3. The van der Waals surface area contributed by atoms with E-state index in [9.17, 15) is 14.4 Å². The summed E-state index contributed by atoms with van der Waals surface area (Å²) >= 11 is 0. The molecule has 1 saturated heterocycles. The molecule has 0 spiro atoms. The second-order valence-electron chi connectivity index (χ2n) is 14.4. The highest BCUT2D eigenvalue weighted by atomic mass is 16.5. The number of aliphatic imine (C=N–C) groups is 1. The molecule has 3 amide bonds. The number of nitrogens with zero attached hydrogens (tertiary/aromatic N) is 4. The molecular formula is C42H55N9O7. The molecule has 310 valence electrons. The van der Waals surface area contributed by atoms with Gasteiger partial charge < -0.3 is 45.4 Å². The van der Waals surface area contributed by atoms with Gasteiger partial charge >= 0.3 is 6.09 Å². The number of fused-ring (bicyclic) bond motifs is 1. The summed E-state index contributed by atoms with van der Waals surface area (Å²) in [6, 6.07) is 13.2. The third-order valence-corrected chi connectivity index (χ3v) is 9.85. The summed E-state index contributed by atoms with van der Waals surface area (Å²) in [5.74, 6) is 1.52. The largest absolute Gasteiger partial charge is 0.483 e. The number of hydrogen-bond donors (Lipinski definition) is 6. The van der Waals surface area contributed by atoms with Crippen molar-refractivity contribution < 1.29 is 33.4 Å². The summed E-state index contributed by atoms with van der Waals surface area (Å²) < 4.78 is 10.9. The molecule has 16 nitrogen and oxygen atoms in total. The van der Waals surface area contributed by atoms with Crippen molar-refractivity contribution in [2.24, 2.45) is 10.9 Å². The fourth-order valence-electron chi connectivity index (χ4n) is 6.57. The van der Waals surface area contributed by atoms with Crippen molar-refractivity contribution >= 4 is 47.9 Å². The summed E-state index contributed by atoms with van der Waals surface area (Å²) in [4.78, 5) is 64.0. The van der Waals surface area contributed by atoms with Crippen molar-refractivity contribution in [3.05, 3.63) is 66.2 Å². The monoisotopic (exact) mass is 797 g/mol. The Morgan fingerprint density at radius 2 is 1.81 bits per heavy atom. The quantitative estimate of drug-likeness (QED) is 0.0468. The van der Waals surface area contributed by atoms with Crippen LogP contribution < -0.4 is 21.3 Å². The van der Waals surface area contributed by atoms with Crippen LogP contribution in [0, 0.1) is 5.92 Å². The number of alkyl carbamates (subject to hydrolysis) is 1. The van der Waals surface area contributed by atoms with Gasteiger partial charge in [0.2, 0.25) is 17.7 Å². The van der Waals surface area contributed by atoms with Gasteiger partial charge in [-0.1, -0.05) is 31.4 Å². The number of hydrogen-bond acceptors (Lipinski definition) is 11. The number of imidazole rings is 1. The second-order valence-corrected chi connectivity index (χ2v) is 14.4. The number of amides is 3. The van der Waals surface area contributed by atoms with Crippen LogP contribution >= 0.6 is 0 Å². The molecule has 3 heterocycles. The van der Waals surface area contributed by atoms with Gasteiger partial charge in [-0.05, 0) is 94.1 Å². The Balaban J connectivity index is 0.000000991. The molecule has 3 aliphatic rings. The van der Waals surface area contributed by atoms with Gasteiger partial charge in [0.25, 0.3) is 6.47 Å². The first-order chi connectivity index (χ1) is 28.3. The lowest BCUT2D eigenvalue weighted by Gasteiger charge is -2.30. The van der Waals surface area contributed by atoms with Gasteiger partial charge in [0.05, 0.1) is 31.2 Å². The van der Waals surface area contributed by atoms with Crippen LogP contribution in [0.1, 0.15) is 69.2 Å². The number of ether oxygens (including phenoxy) is 1. The molecule has 2 aromatic carbocycles. The summed E-state index contributed by atoms with van der Waals surface area (Å²) in [6.45, 7) is 5.56. The predicted octanol–water partition coefficient (Wildman–Crippen LogP) is 5.13.